The van der Waals surface area contributed by atoms with E-state index in [1.165, 1.54) is 16.7 Å². The summed E-state index contributed by atoms with van der Waals surface area (Å²) in [4.78, 5) is 16.6. The molecule has 2 rings (SSSR count). The van der Waals surface area contributed by atoms with E-state index in [2.05, 4.69) is 4.98 Å². The Morgan fingerprint density at radius 2 is 2.47 bits per heavy atom. The number of aromatic carboxylic acids is 1. The molecule has 0 radical (unpaired) electrons. The Balaban J connectivity index is 2.11. The average Bonchev–Trinajstić information content (AvgIpc) is 2.66. The molecule has 82 valence electrons. The molecule has 0 aromatic carbocycles. The lowest BCUT2D eigenvalue weighted by Gasteiger charge is -2.29. The van der Waals surface area contributed by atoms with E-state index >= 15 is 0 Å². The van der Waals surface area contributed by atoms with E-state index in [0.29, 0.717) is 11.7 Å². The molecule has 15 heavy (non-hydrogen) atoms. The Labute approximate surface area is 91.0 Å². The third-order valence-corrected chi connectivity index (χ3v) is 3.28. The maximum absolute atomic E-state index is 10.6. The van der Waals surface area contributed by atoms with Crippen molar-refractivity contribution in [2.24, 2.45) is 0 Å². The van der Waals surface area contributed by atoms with Crippen LogP contribution in [0.2, 0.25) is 0 Å². The highest BCUT2D eigenvalue weighted by molar-refractivity contribution is 7.13. The molecule has 1 aromatic rings. The predicted octanol–water partition coefficient (Wildman–Crippen LogP) is 0.802. The first-order valence-corrected chi connectivity index (χ1v) is 5.66. The molecule has 2 N–H and O–H groups in total. The standard InChI is InChI=1S/C9H12N2O3S/c12-6-2-1-3-11(4-6)9-10-7(5-15-9)8(13)14/h5-6,12H,1-4H2,(H,13,14)/t6-/m0/s1. The van der Waals surface area contributed by atoms with Crippen molar-refractivity contribution in [3.8, 4) is 0 Å². The first kappa shape index (κ1) is 10.4. The molecule has 1 aliphatic rings. The monoisotopic (exact) mass is 228 g/mol. The van der Waals surface area contributed by atoms with Gasteiger partial charge < -0.3 is 15.1 Å². The zero-order valence-corrected chi connectivity index (χ0v) is 8.90. The van der Waals surface area contributed by atoms with Gasteiger partial charge in [-0.15, -0.1) is 11.3 Å². The van der Waals surface area contributed by atoms with Crippen molar-refractivity contribution in [2.75, 3.05) is 18.0 Å². The Morgan fingerprint density at radius 1 is 1.67 bits per heavy atom. The van der Waals surface area contributed by atoms with Crippen molar-refractivity contribution in [1.29, 1.82) is 0 Å². The molecule has 5 nitrogen and oxygen atoms in total. The van der Waals surface area contributed by atoms with Crippen LogP contribution < -0.4 is 4.90 Å². The summed E-state index contributed by atoms with van der Waals surface area (Å²) in [7, 11) is 0. The van der Waals surface area contributed by atoms with Gasteiger partial charge in [-0.3, -0.25) is 0 Å². The van der Waals surface area contributed by atoms with E-state index in [4.69, 9.17) is 5.11 Å². The van der Waals surface area contributed by atoms with Crippen LogP contribution in [0.1, 0.15) is 23.3 Å². The molecule has 1 saturated heterocycles. The maximum Gasteiger partial charge on any atom is 0.355 e. The number of anilines is 1. The fourth-order valence-corrected chi connectivity index (χ4v) is 2.47. The number of aliphatic hydroxyl groups excluding tert-OH is 1. The second-order valence-electron chi connectivity index (χ2n) is 3.56. The van der Waals surface area contributed by atoms with Crippen molar-refractivity contribution in [1.82, 2.24) is 4.98 Å². The van der Waals surface area contributed by atoms with Crippen LogP contribution in [0.15, 0.2) is 5.38 Å². The number of hydrogen-bond acceptors (Lipinski definition) is 5. The van der Waals surface area contributed by atoms with Crippen molar-refractivity contribution < 1.29 is 15.0 Å². The summed E-state index contributed by atoms with van der Waals surface area (Å²) >= 11 is 1.31. The van der Waals surface area contributed by atoms with E-state index in [1.807, 2.05) is 4.90 Å². The van der Waals surface area contributed by atoms with Crippen LogP contribution >= 0.6 is 11.3 Å². The molecule has 0 saturated carbocycles. The number of aliphatic hydroxyl groups is 1. The summed E-state index contributed by atoms with van der Waals surface area (Å²) in [5.74, 6) is -1.00. The van der Waals surface area contributed by atoms with Gasteiger partial charge in [0.15, 0.2) is 10.8 Å². The zero-order chi connectivity index (χ0) is 10.8. The predicted molar refractivity (Wildman–Crippen MR) is 56.5 cm³/mol. The van der Waals surface area contributed by atoms with Gasteiger partial charge in [0.1, 0.15) is 0 Å². The number of aromatic nitrogens is 1. The Morgan fingerprint density at radius 3 is 3.07 bits per heavy atom. The van der Waals surface area contributed by atoms with E-state index < -0.39 is 5.97 Å². The third kappa shape index (κ3) is 2.27. The number of thiazole rings is 1. The Bertz CT molecular complexity index is 366. The van der Waals surface area contributed by atoms with Crippen molar-refractivity contribution in [3.05, 3.63) is 11.1 Å². The number of carbonyl (C=O) groups is 1. The van der Waals surface area contributed by atoms with Crippen molar-refractivity contribution >= 4 is 22.4 Å². The van der Waals surface area contributed by atoms with Crippen LogP contribution in [0.4, 0.5) is 5.13 Å². The van der Waals surface area contributed by atoms with E-state index in [9.17, 15) is 9.90 Å². The molecule has 1 atom stereocenters. The molecule has 0 amide bonds. The third-order valence-electron chi connectivity index (χ3n) is 2.38. The van der Waals surface area contributed by atoms with Gasteiger partial charge in [-0.1, -0.05) is 0 Å². The lowest BCUT2D eigenvalue weighted by molar-refractivity contribution is 0.0691. The van der Waals surface area contributed by atoms with Crippen LogP contribution in [0.25, 0.3) is 0 Å². The van der Waals surface area contributed by atoms with E-state index in [0.717, 1.165) is 19.4 Å². The second kappa shape index (κ2) is 4.16. The molecule has 1 aromatic heterocycles. The molecular weight excluding hydrogens is 216 g/mol. The number of β-amino-alcohol motifs (C(OH)–C–C–N with tert-alkyl or cyclic N) is 1. The molecule has 1 aliphatic heterocycles. The minimum atomic E-state index is -1.00. The van der Waals surface area contributed by atoms with Crippen molar-refractivity contribution in [3.63, 3.8) is 0 Å². The molecule has 0 aliphatic carbocycles. The molecule has 0 spiro atoms. The number of nitrogens with zero attached hydrogens (tertiary/aromatic N) is 2. The summed E-state index contributed by atoms with van der Waals surface area (Å²) in [6.45, 7) is 1.39. The highest BCUT2D eigenvalue weighted by Gasteiger charge is 2.21. The average molecular weight is 228 g/mol. The normalized spacial score (nSPS) is 21.7. The van der Waals surface area contributed by atoms with Crippen LogP contribution in [0.5, 0.6) is 0 Å². The fourth-order valence-electron chi connectivity index (χ4n) is 1.64. The lowest BCUT2D eigenvalue weighted by atomic mass is 10.1. The van der Waals surface area contributed by atoms with Crippen LogP contribution in [0, 0.1) is 0 Å². The second-order valence-corrected chi connectivity index (χ2v) is 4.40. The number of carboxylic acids is 1. The summed E-state index contributed by atoms with van der Waals surface area (Å²) in [6.07, 6.45) is 1.41. The van der Waals surface area contributed by atoms with Gasteiger partial charge in [-0.05, 0) is 12.8 Å². The highest BCUT2D eigenvalue weighted by atomic mass is 32.1. The summed E-state index contributed by atoms with van der Waals surface area (Å²) in [6, 6.07) is 0. The van der Waals surface area contributed by atoms with Gasteiger partial charge in [0, 0.05) is 18.5 Å². The van der Waals surface area contributed by atoms with Gasteiger partial charge in [-0.25, -0.2) is 9.78 Å². The lowest BCUT2D eigenvalue weighted by Crippen LogP contribution is -2.38. The SMILES string of the molecule is O=C(O)c1csc(N2CCC[C@H](O)C2)n1. The van der Waals surface area contributed by atoms with Gasteiger partial charge in [0.05, 0.1) is 6.10 Å². The highest BCUT2D eigenvalue weighted by Crippen LogP contribution is 2.24. The maximum atomic E-state index is 10.6. The molecule has 2 heterocycles. The quantitative estimate of drug-likeness (QED) is 0.783. The number of rotatable bonds is 2. The van der Waals surface area contributed by atoms with Gasteiger partial charge in [0.2, 0.25) is 0 Å². The van der Waals surface area contributed by atoms with E-state index in [-0.39, 0.29) is 11.8 Å². The minimum absolute atomic E-state index is 0.0788. The zero-order valence-electron chi connectivity index (χ0n) is 8.09. The largest absolute Gasteiger partial charge is 0.476 e. The van der Waals surface area contributed by atoms with Gasteiger partial charge in [0.25, 0.3) is 0 Å². The van der Waals surface area contributed by atoms with Crippen molar-refractivity contribution in [2.45, 2.75) is 18.9 Å². The number of hydrogen-bond donors (Lipinski definition) is 2. The summed E-state index contributed by atoms with van der Waals surface area (Å²) < 4.78 is 0. The molecule has 0 bridgehead atoms. The minimum Gasteiger partial charge on any atom is -0.476 e. The Hall–Kier alpha value is -1.14. The van der Waals surface area contributed by atoms with Crippen LogP contribution in [0.3, 0.4) is 0 Å². The van der Waals surface area contributed by atoms with Crippen LogP contribution in [-0.2, 0) is 0 Å². The number of piperidine rings is 1. The first-order valence-electron chi connectivity index (χ1n) is 4.78. The summed E-state index contributed by atoms with van der Waals surface area (Å²) in [5, 5.41) is 20.4. The van der Waals surface area contributed by atoms with E-state index in [1.54, 1.807) is 0 Å². The molecule has 0 unspecified atom stereocenters. The van der Waals surface area contributed by atoms with Crippen LogP contribution in [-0.4, -0.2) is 40.4 Å². The fraction of sp³-hybridized carbons (Fsp3) is 0.556. The van der Waals surface area contributed by atoms with Gasteiger partial charge >= 0.3 is 5.97 Å². The first-order chi connectivity index (χ1) is 7.16. The Kier molecular flexibility index (Phi) is 2.88. The molecule has 1 fully saturated rings. The topological polar surface area (TPSA) is 73.7 Å². The molecular formula is C9H12N2O3S. The smallest absolute Gasteiger partial charge is 0.355 e. The number of carboxylic acid groups (broad SMARTS) is 1. The van der Waals surface area contributed by atoms with Gasteiger partial charge in [-0.2, -0.15) is 0 Å². The molecule has 6 heteroatoms. The summed E-state index contributed by atoms with van der Waals surface area (Å²) in [5.41, 5.74) is 0.0788.